The standard InChI is InChI=1S/C18H21FN4O2/c1-2-21-18(24)25-15-7-9-23(10-8-15)17-12-20-11-16(22-17)13-3-5-14(19)6-4-13/h3-6,11-12,15H,2,7-10H2,1H3,(H,21,24). The highest BCUT2D eigenvalue weighted by Crippen LogP contribution is 2.23. The quantitative estimate of drug-likeness (QED) is 0.923. The van der Waals surface area contributed by atoms with E-state index in [4.69, 9.17) is 4.74 Å². The van der Waals surface area contributed by atoms with Crippen molar-refractivity contribution < 1.29 is 13.9 Å². The highest BCUT2D eigenvalue weighted by molar-refractivity contribution is 5.67. The molecule has 6 nitrogen and oxygen atoms in total. The van der Waals surface area contributed by atoms with E-state index in [0.29, 0.717) is 12.2 Å². The summed E-state index contributed by atoms with van der Waals surface area (Å²) in [5, 5.41) is 2.64. The molecular formula is C18H21FN4O2. The molecule has 1 aromatic carbocycles. The smallest absolute Gasteiger partial charge is 0.407 e. The Balaban J connectivity index is 1.63. The summed E-state index contributed by atoms with van der Waals surface area (Å²) in [5.41, 5.74) is 1.53. The first-order valence-electron chi connectivity index (χ1n) is 8.43. The third-order valence-electron chi connectivity index (χ3n) is 4.12. The fourth-order valence-corrected chi connectivity index (χ4v) is 2.81. The van der Waals surface area contributed by atoms with E-state index in [2.05, 4.69) is 20.2 Å². The van der Waals surface area contributed by atoms with Crippen LogP contribution in [0.25, 0.3) is 11.3 Å². The lowest BCUT2D eigenvalue weighted by molar-refractivity contribution is 0.0836. The average Bonchev–Trinajstić information content (AvgIpc) is 2.63. The molecule has 25 heavy (non-hydrogen) atoms. The van der Waals surface area contributed by atoms with Crippen LogP contribution in [0.3, 0.4) is 0 Å². The third kappa shape index (κ3) is 4.43. The van der Waals surface area contributed by atoms with Crippen molar-refractivity contribution in [1.29, 1.82) is 0 Å². The van der Waals surface area contributed by atoms with Gasteiger partial charge in [-0.15, -0.1) is 0 Å². The second-order valence-electron chi connectivity index (χ2n) is 5.89. The molecular weight excluding hydrogens is 323 g/mol. The number of amides is 1. The zero-order chi connectivity index (χ0) is 17.6. The van der Waals surface area contributed by atoms with E-state index in [1.807, 2.05) is 6.92 Å². The first-order chi connectivity index (χ1) is 12.2. The van der Waals surface area contributed by atoms with Crippen LogP contribution in [0.2, 0.25) is 0 Å². The van der Waals surface area contributed by atoms with E-state index >= 15 is 0 Å². The fourth-order valence-electron chi connectivity index (χ4n) is 2.81. The van der Waals surface area contributed by atoms with Crippen molar-refractivity contribution in [2.75, 3.05) is 24.5 Å². The van der Waals surface area contributed by atoms with Gasteiger partial charge in [0.15, 0.2) is 0 Å². The molecule has 1 saturated heterocycles. The van der Waals surface area contributed by atoms with E-state index in [0.717, 1.165) is 37.3 Å². The van der Waals surface area contributed by atoms with Crippen LogP contribution in [0, 0.1) is 5.82 Å². The molecule has 0 spiro atoms. The van der Waals surface area contributed by atoms with Crippen LogP contribution in [0.15, 0.2) is 36.7 Å². The Kier molecular flexibility index (Phi) is 5.42. The molecule has 1 amide bonds. The van der Waals surface area contributed by atoms with Crippen molar-refractivity contribution in [3.8, 4) is 11.3 Å². The molecule has 7 heteroatoms. The number of nitrogens with one attached hydrogen (secondary N) is 1. The second kappa shape index (κ2) is 7.92. The predicted octanol–water partition coefficient (Wildman–Crippen LogP) is 3.00. The number of alkyl carbamates (subject to hydrolysis) is 1. The molecule has 0 aliphatic carbocycles. The van der Waals surface area contributed by atoms with Crippen LogP contribution in [0.4, 0.5) is 15.0 Å². The van der Waals surface area contributed by atoms with E-state index in [-0.39, 0.29) is 18.0 Å². The van der Waals surface area contributed by atoms with Gasteiger partial charge in [-0.1, -0.05) is 0 Å². The summed E-state index contributed by atoms with van der Waals surface area (Å²) in [6, 6.07) is 6.20. The molecule has 132 valence electrons. The predicted molar refractivity (Wildman–Crippen MR) is 92.8 cm³/mol. The van der Waals surface area contributed by atoms with Crippen LogP contribution < -0.4 is 10.2 Å². The van der Waals surface area contributed by atoms with Crippen molar-refractivity contribution in [3.63, 3.8) is 0 Å². The Bertz CT molecular complexity index is 715. The maximum Gasteiger partial charge on any atom is 0.407 e. The summed E-state index contributed by atoms with van der Waals surface area (Å²) in [6.07, 6.45) is 4.45. The minimum atomic E-state index is -0.362. The summed E-state index contributed by atoms with van der Waals surface area (Å²) in [5.74, 6) is 0.500. The normalized spacial score (nSPS) is 15.0. The van der Waals surface area contributed by atoms with Gasteiger partial charge in [0.2, 0.25) is 0 Å². The molecule has 1 aliphatic heterocycles. The molecule has 1 aliphatic rings. The third-order valence-corrected chi connectivity index (χ3v) is 4.12. The monoisotopic (exact) mass is 344 g/mol. The number of anilines is 1. The van der Waals surface area contributed by atoms with Crippen LogP contribution in [-0.2, 0) is 4.74 Å². The number of carbonyl (C=O) groups excluding carboxylic acids is 1. The summed E-state index contributed by atoms with van der Waals surface area (Å²) >= 11 is 0. The van der Waals surface area contributed by atoms with Crippen molar-refractivity contribution in [1.82, 2.24) is 15.3 Å². The van der Waals surface area contributed by atoms with Crippen LogP contribution >= 0.6 is 0 Å². The number of nitrogens with zero attached hydrogens (tertiary/aromatic N) is 3. The topological polar surface area (TPSA) is 67.3 Å². The summed E-state index contributed by atoms with van der Waals surface area (Å²) in [6.45, 7) is 3.90. The van der Waals surface area contributed by atoms with Crippen molar-refractivity contribution in [2.45, 2.75) is 25.9 Å². The molecule has 1 N–H and O–H groups in total. The van der Waals surface area contributed by atoms with Gasteiger partial charge in [-0.2, -0.15) is 0 Å². The largest absolute Gasteiger partial charge is 0.446 e. The molecule has 1 aromatic heterocycles. The minimum absolute atomic E-state index is 0.0731. The lowest BCUT2D eigenvalue weighted by atomic mass is 10.1. The Labute approximate surface area is 146 Å². The van der Waals surface area contributed by atoms with Gasteiger partial charge in [0.1, 0.15) is 17.7 Å². The molecule has 0 radical (unpaired) electrons. The van der Waals surface area contributed by atoms with Crippen molar-refractivity contribution >= 4 is 11.9 Å². The zero-order valence-electron chi connectivity index (χ0n) is 14.1. The molecule has 2 aromatic rings. The highest BCUT2D eigenvalue weighted by atomic mass is 19.1. The van der Waals surface area contributed by atoms with Gasteiger partial charge in [-0.25, -0.2) is 14.2 Å². The van der Waals surface area contributed by atoms with Gasteiger partial charge in [-0.05, 0) is 31.2 Å². The Morgan fingerprint density at radius 3 is 2.68 bits per heavy atom. The Morgan fingerprint density at radius 2 is 2.00 bits per heavy atom. The number of ether oxygens (including phenoxy) is 1. The molecule has 3 rings (SSSR count). The van der Waals surface area contributed by atoms with Crippen LogP contribution in [-0.4, -0.2) is 41.8 Å². The number of halogens is 1. The van der Waals surface area contributed by atoms with Gasteiger partial charge in [0, 0.05) is 38.0 Å². The fraction of sp³-hybridized carbons (Fsp3) is 0.389. The number of benzene rings is 1. The summed E-state index contributed by atoms with van der Waals surface area (Å²) < 4.78 is 18.4. The molecule has 0 unspecified atom stereocenters. The number of hydrogen-bond donors (Lipinski definition) is 1. The zero-order valence-corrected chi connectivity index (χ0v) is 14.1. The van der Waals surface area contributed by atoms with Gasteiger partial charge in [-0.3, -0.25) is 4.98 Å². The molecule has 0 bridgehead atoms. The van der Waals surface area contributed by atoms with Crippen LogP contribution in [0.1, 0.15) is 19.8 Å². The highest BCUT2D eigenvalue weighted by Gasteiger charge is 2.23. The molecule has 0 saturated carbocycles. The summed E-state index contributed by atoms with van der Waals surface area (Å²) in [7, 11) is 0. The second-order valence-corrected chi connectivity index (χ2v) is 5.89. The maximum atomic E-state index is 13.1. The van der Waals surface area contributed by atoms with Gasteiger partial charge in [0.25, 0.3) is 0 Å². The number of piperidine rings is 1. The van der Waals surface area contributed by atoms with Crippen LogP contribution in [0.5, 0.6) is 0 Å². The summed E-state index contributed by atoms with van der Waals surface area (Å²) in [4.78, 5) is 22.5. The van der Waals surface area contributed by atoms with Crippen molar-refractivity contribution in [3.05, 3.63) is 42.5 Å². The first kappa shape index (κ1) is 17.1. The molecule has 0 atom stereocenters. The van der Waals surface area contributed by atoms with Crippen molar-refractivity contribution in [2.24, 2.45) is 0 Å². The van der Waals surface area contributed by atoms with E-state index in [9.17, 15) is 9.18 Å². The van der Waals surface area contributed by atoms with Gasteiger partial charge < -0.3 is 15.0 Å². The Morgan fingerprint density at radius 1 is 1.28 bits per heavy atom. The maximum absolute atomic E-state index is 13.1. The molecule has 2 heterocycles. The SMILES string of the molecule is CCNC(=O)OC1CCN(c2cncc(-c3ccc(F)cc3)n2)CC1. The number of rotatable bonds is 4. The average molecular weight is 344 g/mol. The number of aromatic nitrogens is 2. The number of carbonyl (C=O) groups is 1. The van der Waals surface area contributed by atoms with Gasteiger partial charge >= 0.3 is 6.09 Å². The van der Waals surface area contributed by atoms with E-state index < -0.39 is 0 Å². The first-order valence-corrected chi connectivity index (χ1v) is 8.43. The minimum Gasteiger partial charge on any atom is -0.446 e. The lowest BCUT2D eigenvalue weighted by Crippen LogP contribution is -2.40. The molecule has 1 fully saturated rings. The van der Waals surface area contributed by atoms with Gasteiger partial charge in [0.05, 0.1) is 18.1 Å². The lowest BCUT2D eigenvalue weighted by Gasteiger charge is -2.32. The Hall–Kier alpha value is -2.70. The van der Waals surface area contributed by atoms with E-state index in [1.54, 1.807) is 24.5 Å². The number of hydrogen-bond acceptors (Lipinski definition) is 5. The van der Waals surface area contributed by atoms with E-state index in [1.165, 1.54) is 12.1 Å².